The van der Waals surface area contributed by atoms with Crippen LogP contribution < -0.4 is 0 Å². The number of hydrogen-bond donors (Lipinski definition) is 3. The molecule has 1 aliphatic carbocycles. The number of Topliss-reactive ketones (excluding diaryl/α,β-unsaturated/α-hetero) is 3. The summed E-state index contributed by atoms with van der Waals surface area (Å²) in [6, 6.07) is -1.16. The molecule has 14 nitrogen and oxygen atoms in total. The first-order valence-corrected chi connectivity index (χ1v) is 23.9. The number of ether oxygens (including phenoxy) is 5. The van der Waals surface area contributed by atoms with Crippen molar-refractivity contribution in [2.75, 3.05) is 27.9 Å². The molecule has 0 aromatic carbocycles. The highest BCUT2D eigenvalue weighted by molar-refractivity contribution is 6.39. The zero-order valence-corrected chi connectivity index (χ0v) is 40.6. The number of nitrogens with zero attached hydrogens (tertiary/aromatic N) is 1. The summed E-state index contributed by atoms with van der Waals surface area (Å²) in [7, 11) is 4.52. The fourth-order valence-electron chi connectivity index (χ4n) is 10.1. The zero-order chi connectivity index (χ0) is 48.2. The summed E-state index contributed by atoms with van der Waals surface area (Å²) < 4.78 is 29.3. The molecule has 0 spiro atoms. The van der Waals surface area contributed by atoms with Crippen molar-refractivity contribution in [2.24, 2.45) is 35.5 Å². The van der Waals surface area contributed by atoms with Crippen molar-refractivity contribution >= 4 is 29.2 Å². The molecule has 4 aliphatic rings. The number of ketones is 3. The summed E-state index contributed by atoms with van der Waals surface area (Å²) in [5, 5.41) is 33.8. The first-order chi connectivity index (χ1) is 30.7. The average Bonchev–Trinajstić information content (AvgIpc) is 3.27. The van der Waals surface area contributed by atoms with Gasteiger partial charge in [0.1, 0.15) is 30.1 Å². The van der Waals surface area contributed by atoms with Crippen molar-refractivity contribution in [3.8, 4) is 0 Å². The number of allylic oxidation sites excluding steroid dienone is 6. The number of hydrogen-bond acceptors (Lipinski definition) is 13. The van der Waals surface area contributed by atoms with Crippen LogP contribution in [0.5, 0.6) is 0 Å². The topological polar surface area (TPSA) is 195 Å². The molecule has 3 N–H and O–H groups in total. The van der Waals surface area contributed by atoms with Crippen molar-refractivity contribution in [1.29, 1.82) is 0 Å². The fraction of sp³-hybridized carbons (Fsp3) is 0.745. The smallest absolute Gasteiger partial charge is 0.329 e. The van der Waals surface area contributed by atoms with Crippen LogP contribution in [0.2, 0.25) is 0 Å². The molecular weight excluding hydrogens is 835 g/mol. The monoisotopic (exact) mass is 914 g/mol. The van der Waals surface area contributed by atoms with Crippen molar-refractivity contribution in [2.45, 2.75) is 180 Å². The van der Waals surface area contributed by atoms with Gasteiger partial charge in [-0.2, -0.15) is 0 Å². The van der Waals surface area contributed by atoms with Crippen LogP contribution in [-0.4, -0.2) is 132 Å². The van der Waals surface area contributed by atoms with Gasteiger partial charge in [-0.25, -0.2) is 4.79 Å². The lowest BCUT2D eigenvalue weighted by molar-refractivity contribution is -0.265. The van der Waals surface area contributed by atoms with Gasteiger partial charge < -0.3 is 43.9 Å². The molecule has 65 heavy (non-hydrogen) atoms. The number of esters is 1. The van der Waals surface area contributed by atoms with Crippen LogP contribution in [-0.2, 0) is 47.7 Å². The van der Waals surface area contributed by atoms with E-state index in [2.05, 4.69) is 0 Å². The predicted molar refractivity (Wildman–Crippen MR) is 245 cm³/mol. The Morgan fingerprint density at radius 3 is 2.22 bits per heavy atom. The number of carbonyl (C=O) groups is 5. The molecule has 14 heteroatoms. The molecule has 4 rings (SSSR count). The number of amides is 1. The maximum atomic E-state index is 14.4. The van der Waals surface area contributed by atoms with Gasteiger partial charge in [0.25, 0.3) is 11.7 Å². The third-order valence-electron chi connectivity index (χ3n) is 14.5. The van der Waals surface area contributed by atoms with Crippen LogP contribution in [0.4, 0.5) is 0 Å². The molecule has 1 amide bonds. The van der Waals surface area contributed by atoms with Crippen LogP contribution in [0.25, 0.3) is 0 Å². The van der Waals surface area contributed by atoms with Gasteiger partial charge >= 0.3 is 5.97 Å². The van der Waals surface area contributed by atoms with E-state index in [9.17, 15) is 39.3 Å². The van der Waals surface area contributed by atoms with Gasteiger partial charge in [0.15, 0.2) is 5.78 Å². The van der Waals surface area contributed by atoms with Crippen molar-refractivity contribution in [1.82, 2.24) is 4.90 Å². The Bertz CT molecular complexity index is 1760. The van der Waals surface area contributed by atoms with E-state index in [-0.39, 0.29) is 42.5 Å². The zero-order valence-electron chi connectivity index (χ0n) is 40.6. The number of aliphatic hydroxyl groups excluding tert-OH is 2. The Labute approximate surface area is 387 Å². The molecule has 2 saturated heterocycles. The minimum Gasteiger partial charge on any atom is -0.460 e. The highest BCUT2D eigenvalue weighted by Gasteiger charge is 2.53. The Hall–Kier alpha value is -3.37. The van der Waals surface area contributed by atoms with Crippen LogP contribution >= 0.6 is 0 Å². The molecule has 3 fully saturated rings. The van der Waals surface area contributed by atoms with Gasteiger partial charge in [0.05, 0.1) is 24.4 Å². The number of rotatable bonds is 6. The predicted octanol–water partition coefficient (Wildman–Crippen LogP) is 6.18. The molecule has 3 aliphatic heterocycles. The Kier molecular flexibility index (Phi) is 21.0. The largest absolute Gasteiger partial charge is 0.460 e. The highest BCUT2D eigenvalue weighted by atomic mass is 16.6. The quantitative estimate of drug-likeness (QED) is 0.156. The highest BCUT2D eigenvalue weighted by Crippen LogP contribution is 2.37. The second kappa shape index (κ2) is 25.1. The second-order valence-corrected chi connectivity index (χ2v) is 19.6. The first kappa shape index (κ1) is 54.2. The minimum atomic E-state index is -2.43. The van der Waals surface area contributed by atoms with Crippen LogP contribution in [0.3, 0.4) is 0 Å². The Morgan fingerprint density at radius 1 is 0.815 bits per heavy atom. The second-order valence-electron chi connectivity index (χ2n) is 19.6. The van der Waals surface area contributed by atoms with Crippen LogP contribution in [0, 0.1) is 35.5 Å². The third-order valence-corrected chi connectivity index (χ3v) is 14.5. The maximum absolute atomic E-state index is 14.4. The standard InChI is InChI=1S/C51H79NO13/c1-30-15-12-11-13-16-31(2)42(61-8)29-39-21-18-36(7)51(60,65-39)48(57)49(58)52-24-14-17-32(3)44(52)50(59)64-38(22-19-37-20-23-40(53)43(27-37)62-9)28-41(54)33(4)26-35(6)46(56)47(63-10)45(55)34(5)25-30/h11-13,15-16,26,30,32-34,36-40,42-44,46-47,53,56,60H,14,17-25,27-29H2,1-10H3/b13-11?,15-12+,31-16?,35-26+/t30-,32+,33-,34-,36-,37-,38-,39+,40-,42+,43-,44+,46-,47+,51-/m1/s1. The molecule has 0 aromatic rings. The van der Waals surface area contributed by atoms with Crippen LogP contribution in [0.15, 0.2) is 47.6 Å². The molecule has 0 aromatic heterocycles. The summed E-state index contributed by atoms with van der Waals surface area (Å²) in [4.78, 5) is 71.9. The number of aliphatic hydroxyl groups is 3. The molecule has 2 bridgehead atoms. The first-order valence-electron chi connectivity index (χ1n) is 23.9. The minimum absolute atomic E-state index is 0.0201. The number of cyclic esters (lactones) is 1. The van der Waals surface area contributed by atoms with E-state index in [0.717, 1.165) is 12.0 Å². The summed E-state index contributed by atoms with van der Waals surface area (Å²) in [6.07, 6.45) is 11.3. The van der Waals surface area contributed by atoms with E-state index in [1.807, 2.05) is 58.1 Å². The number of carbonyl (C=O) groups excluding carboxylic acids is 5. The van der Waals surface area contributed by atoms with E-state index < -0.39 is 89.8 Å². The molecular formula is C51H79NO13. The number of fused-ring (bicyclic) bond motifs is 3. The van der Waals surface area contributed by atoms with Gasteiger partial charge in [-0.1, -0.05) is 71.1 Å². The number of methoxy groups -OCH3 is 3. The van der Waals surface area contributed by atoms with E-state index in [4.69, 9.17) is 23.7 Å². The van der Waals surface area contributed by atoms with Crippen molar-refractivity contribution in [3.63, 3.8) is 0 Å². The number of piperidine rings is 1. The van der Waals surface area contributed by atoms with Crippen molar-refractivity contribution in [3.05, 3.63) is 47.6 Å². The maximum Gasteiger partial charge on any atom is 0.329 e. The normalized spacial score (nSPS) is 39.8. The van der Waals surface area contributed by atoms with E-state index in [1.165, 1.54) is 12.0 Å². The Morgan fingerprint density at radius 2 is 1.54 bits per heavy atom. The van der Waals surface area contributed by atoms with Crippen molar-refractivity contribution < 1.29 is 63.0 Å². The van der Waals surface area contributed by atoms with Gasteiger partial charge in [0, 0.05) is 58.5 Å². The molecule has 0 unspecified atom stereocenters. The molecule has 15 atom stereocenters. The lowest BCUT2D eigenvalue weighted by Gasteiger charge is -2.43. The summed E-state index contributed by atoms with van der Waals surface area (Å²) in [5.41, 5.74) is 1.27. The molecule has 1 saturated carbocycles. The lowest BCUT2D eigenvalue weighted by atomic mass is 9.81. The van der Waals surface area contributed by atoms with Gasteiger partial charge in [-0.15, -0.1) is 0 Å². The average molecular weight is 914 g/mol. The SMILES string of the molecule is CO[C@H]1C[C@@H]2CC[C@@H](C)[C@@](O)(O2)C(=O)C(=O)N2CCC[C@H](C)[C@H]2C(=O)O[C@H](CC[C@@H]2CC[C@@H](O)[C@H](OC)C2)CC(=O)[C@H](C)/C=C(\C)[C@@H](O)[C@@H](OC)C(=O)[C@H](C)C[C@H](C)/C=C/C=CC=C1C. The summed E-state index contributed by atoms with van der Waals surface area (Å²) >= 11 is 0. The summed E-state index contributed by atoms with van der Waals surface area (Å²) in [5.74, 6) is -8.01. The van der Waals surface area contributed by atoms with Gasteiger partial charge in [-0.3, -0.25) is 19.2 Å². The third kappa shape index (κ3) is 14.3. The Balaban J connectivity index is 1.70. The molecule has 0 radical (unpaired) electrons. The fourth-order valence-corrected chi connectivity index (χ4v) is 10.1. The van der Waals surface area contributed by atoms with E-state index in [1.54, 1.807) is 41.1 Å². The molecule has 366 valence electrons. The molecule has 3 heterocycles. The van der Waals surface area contributed by atoms with Gasteiger partial charge in [0.2, 0.25) is 5.79 Å². The van der Waals surface area contributed by atoms with E-state index >= 15 is 0 Å². The summed E-state index contributed by atoms with van der Waals surface area (Å²) in [6.45, 7) is 12.6. The van der Waals surface area contributed by atoms with Crippen LogP contribution in [0.1, 0.15) is 126 Å². The lowest BCUT2D eigenvalue weighted by Crippen LogP contribution is -2.62. The van der Waals surface area contributed by atoms with Gasteiger partial charge in [-0.05, 0) is 107 Å². The van der Waals surface area contributed by atoms with E-state index in [0.29, 0.717) is 69.8 Å².